The first-order valence-electron chi connectivity index (χ1n) is 12.0. The van der Waals surface area contributed by atoms with Gasteiger partial charge in [0, 0.05) is 44.8 Å². The van der Waals surface area contributed by atoms with Gasteiger partial charge in [-0.05, 0) is 48.5 Å². The zero-order valence-electron chi connectivity index (χ0n) is 19.7. The maximum Gasteiger partial charge on any atom is 0.132 e. The lowest BCUT2D eigenvalue weighted by molar-refractivity contribution is 0.419. The van der Waals surface area contributed by atoms with Crippen molar-refractivity contribution in [1.82, 2.24) is 9.55 Å². The lowest BCUT2D eigenvalue weighted by Crippen LogP contribution is -2.24. The average Bonchev–Trinajstić information content (AvgIpc) is 3.22. The van der Waals surface area contributed by atoms with Crippen LogP contribution in [-0.4, -0.2) is 9.55 Å². The maximum atomic E-state index is 6.43. The van der Waals surface area contributed by atoms with E-state index in [2.05, 4.69) is 102 Å². The van der Waals surface area contributed by atoms with E-state index in [1.54, 1.807) is 0 Å². The second-order valence-corrected chi connectivity index (χ2v) is 9.70. The number of pyridine rings is 1. The summed E-state index contributed by atoms with van der Waals surface area (Å²) in [4.78, 5) is 4.50. The summed E-state index contributed by atoms with van der Waals surface area (Å²) in [5.41, 5.74) is 7.85. The summed E-state index contributed by atoms with van der Waals surface area (Å²) in [5, 5.41) is 2.42. The van der Waals surface area contributed by atoms with Gasteiger partial charge in [-0.3, -0.25) is 4.98 Å². The van der Waals surface area contributed by atoms with E-state index in [4.69, 9.17) is 4.74 Å². The third-order valence-electron chi connectivity index (χ3n) is 7.31. The molecule has 168 valence electrons. The van der Waals surface area contributed by atoms with Crippen LogP contribution in [0, 0.1) is 0 Å². The van der Waals surface area contributed by atoms with E-state index in [1.807, 2.05) is 30.5 Å². The Morgan fingerprint density at radius 3 is 2.26 bits per heavy atom. The molecule has 6 aromatic rings. The van der Waals surface area contributed by atoms with E-state index >= 15 is 0 Å². The molecule has 7 rings (SSSR count). The van der Waals surface area contributed by atoms with Crippen molar-refractivity contribution in [1.29, 1.82) is 0 Å². The van der Waals surface area contributed by atoms with Crippen LogP contribution in [0.2, 0.25) is 0 Å². The van der Waals surface area contributed by atoms with E-state index in [0.717, 1.165) is 28.4 Å². The van der Waals surface area contributed by atoms with Crippen molar-refractivity contribution in [2.24, 2.45) is 0 Å². The molecule has 0 spiro atoms. The fraction of sp³-hybridized carbons (Fsp3) is 0.0938. The molecule has 0 fully saturated rings. The number of para-hydroxylation sites is 2. The summed E-state index contributed by atoms with van der Waals surface area (Å²) in [6, 6.07) is 36.2. The van der Waals surface area contributed by atoms with Crippen LogP contribution >= 0.6 is 0 Å². The van der Waals surface area contributed by atoms with Gasteiger partial charge in [0.15, 0.2) is 0 Å². The Morgan fingerprint density at radius 2 is 1.43 bits per heavy atom. The molecule has 0 atom stereocenters. The van der Waals surface area contributed by atoms with Crippen molar-refractivity contribution < 1.29 is 4.74 Å². The van der Waals surface area contributed by atoms with E-state index < -0.39 is 0 Å². The topological polar surface area (TPSA) is 27.1 Å². The summed E-state index contributed by atoms with van der Waals surface area (Å²) in [7, 11) is 0. The monoisotopic (exact) mass is 452 g/mol. The molecular formula is C32H24N2O. The Morgan fingerprint density at radius 1 is 0.657 bits per heavy atom. The summed E-state index contributed by atoms with van der Waals surface area (Å²) < 4.78 is 8.80. The van der Waals surface area contributed by atoms with Crippen LogP contribution in [0.5, 0.6) is 11.5 Å². The SMILES string of the molecule is CC1(C)c2ccccc2Oc2cc3c4ccccc4n(-c4ccc(-c5ccccn5)cc4)c3cc21. The number of hydrogen-bond acceptors (Lipinski definition) is 2. The first-order valence-corrected chi connectivity index (χ1v) is 12.0. The van der Waals surface area contributed by atoms with Crippen molar-refractivity contribution in [3.8, 4) is 28.4 Å². The fourth-order valence-electron chi connectivity index (χ4n) is 5.50. The normalized spacial score (nSPS) is 13.9. The van der Waals surface area contributed by atoms with Crippen LogP contribution in [0.25, 0.3) is 38.8 Å². The van der Waals surface area contributed by atoms with Gasteiger partial charge in [-0.25, -0.2) is 0 Å². The van der Waals surface area contributed by atoms with Gasteiger partial charge in [-0.2, -0.15) is 0 Å². The molecule has 2 aromatic heterocycles. The summed E-state index contributed by atoms with van der Waals surface area (Å²) in [6.07, 6.45) is 1.83. The quantitative estimate of drug-likeness (QED) is 0.264. The number of rotatable bonds is 2. The van der Waals surface area contributed by atoms with Crippen molar-refractivity contribution in [2.45, 2.75) is 19.3 Å². The largest absolute Gasteiger partial charge is 0.457 e. The Labute approximate surface area is 204 Å². The van der Waals surface area contributed by atoms with Crippen molar-refractivity contribution in [2.75, 3.05) is 0 Å². The van der Waals surface area contributed by atoms with Crippen LogP contribution in [0.3, 0.4) is 0 Å². The lowest BCUT2D eigenvalue weighted by atomic mass is 9.75. The van der Waals surface area contributed by atoms with E-state index in [-0.39, 0.29) is 5.41 Å². The number of aromatic nitrogens is 2. The number of ether oxygens (including phenoxy) is 1. The molecule has 0 bridgehead atoms. The third kappa shape index (κ3) is 2.95. The summed E-state index contributed by atoms with van der Waals surface area (Å²) >= 11 is 0. The van der Waals surface area contributed by atoms with Crippen LogP contribution in [-0.2, 0) is 5.41 Å². The molecular weight excluding hydrogens is 428 g/mol. The molecule has 0 aliphatic carbocycles. The first-order chi connectivity index (χ1) is 17.1. The lowest BCUT2D eigenvalue weighted by Gasteiger charge is -2.34. The standard InChI is InChI=1S/C32H24N2O/c1-32(2)25-10-4-6-13-30(25)35-31-19-24-23-9-3-5-12-28(23)34(29(24)20-26(31)32)22-16-14-21(15-17-22)27-11-7-8-18-33-27/h3-20H,1-2H3. The molecule has 0 saturated carbocycles. The second kappa shape index (κ2) is 7.31. The fourth-order valence-corrected chi connectivity index (χ4v) is 5.50. The minimum Gasteiger partial charge on any atom is -0.457 e. The van der Waals surface area contributed by atoms with Crippen LogP contribution < -0.4 is 4.74 Å². The highest BCUT2D eigenvalue weighted by molar-refractivity contribution is 6.10. The second-order valence-electron chi connectivity index (χ2n) is 9.70. The number of benzene rings is 4. The molecule has 3 nitrogen and oxygen atoms in total. The zero-order valence-corrected chi connectivity index (χ0v) is 19.7. The molecule has 3 heteroatoms. The van der Waals surface area contributed by atoms with Gasteiger partial charge in [0.2, 0.25) is 0 Å². The minimum atomic E-state index is -0.164. The van der Waals surface area contributed by atoms with E-state index in [1.165, 1.54) is 32.9 Å². The predicted molar refractivity (Wildman–Crippen MR) is 143 cm³/mol. The summed E-state index contributed by atoms with van der Waals surface area (Å²) in [5.74, 6) is 1.88. The molecule has 0 radical (unpaired) electrons. The molecule has 1 aliphatic rings. The average molecular weight is 453 g/mol. The number of fused-ring (bicyclic) bond motifs is 5. The minimum absolute atomic E-state index is 0.164. The molecule has 0 N–H and O–H groups in total. The summed E-state index contributed by atoms with van der Waals surface area (Å²) in [6.45, 7) is 4.57. The highest BCUT2D eigenvalue weighted by Gasteiger charge is 2.35. The number of hydrogen-bond donors (Lipinski definition) is 0. The van der Waals surface area contributed by atoms with Gasteiger partial charge >= 0.3 is 0 Å². The third-order valence-corrected chi connectivity index (χ3v) is 7.31. The molecule has 4 aromatic carbocycles. The van der Waals surface area contributed by atoms with Crippen molar-refractivity contribution >= 4 is 21.8 Å². The molecule has 35 heavy (non-hydrogen) atoms. The van der Waals surface area contributed by atoms with E-state index in [0.29, 0.717) is 0 Å². The first kappa shape index (κ1) is 20.0. The van der Waals surface area contributed by atoms with Crippen LogP contribution in [0.1, 0.15) is 25.0 Å². The molecule has 0 amide bonds. The highest BCUT2D eigenvalue weighted by atomic mass is 16.5. The van der Waals surface area contributed by atoms with Gasteiger partial charge in [-0.15, -0.1) is 0 Å². The van der Waals surface area contributed by atoms with Gasteiger partial charge in [0.05, 0.1) is 16.7 Å². The van der Waals surface area contributed by atoms with Gasteiger partial charge < -0.3 is 9.30 Å². The maximum absolute atomic E-state index is 6.43. The molecule has 1 aliphatic heterocycles. The Bertz CT molecular complexity index is 1730. The Hall–Kier alpha value is -4.37. The molecule has 0 saturated heterocycles. The Balaban J connectivity index is 1.47. The van der Waals surface area contributed by atoms with Crippen LogP contribution in [0.15, 0.2) is 109 Å². The van der Waals surface area contributed by atoms with Gasteiger partial charge in [0.25, 0.3) is 0 Å². The molecule has 0 unspecified atom stereocenters. The predicted octanol–water partition coefficient (Wildman–Crippen LogP) is 8.28. The van der Waals surface area contributed by atoms with E-state index in [9.17, 15) is 0 Å². The van der Waals surface area contributed by atoms with Gasteiger partial charge in [-0.1, -0.05) is 68.4 Å². The highest BCUT2D eigenvalue weighted by Crippen LogP contribution is 2.50. The number of nitrogens with zero attached hydrogens (tertiary/aromatic N) is 2. The van der Waals surface area contributed by atoms with Gasteiger partial charge in [0.1, 0.15) is 11.5 Å². The smallest absolute Gasteiger partial charge is 0.132 e. The zero-order chi connectivity index (χ0) is 23.6. The molecule has 3 heterocycles. The van der Waals surface area contributed by atoms with Crippen LogP contribution in [0.4, 0.5) is 0 Å². The van der Waals surface area contributed by atoms with Crippen molar-refractivity contribution in [3.05, 3.63) is 120 Å². The Kier molecular flexibility index (Phi) is 4.19. The van der Waals surface area contributed by atoms with Crippen molar-refractivity contribution in [3.63, 3.8) is 0 Å².